The topological polar surface area (TPSA) is 73.2 Å². The Morgan fingerprint density at radius 1 is 1.25 bits per heavy atom. The van der Waals surface area contributed by atoms with E-state index in [0.29, 0.717) is 29.1 Å². The van der Waals surface area contributed by atoms with Crippen LogP contribution in [0.2, 0.25) is 5.02 Å². The number of hydrogen-bond acceptors (Lipinski definition) is 4. The summed E-state index contributed by atoms with van der Waals surface area (Å²) in [5.41, 5.74) is 1.63. The minimum Gasteiger partial charge on any atom is -0.456 e. The predicted octanol–water partition coefficient (Wildman–Crippen LogP) is 4.05. The van der Waals surface area contributed by atoms with Gasteiger partial charge >= 0.3 is 5.97 Å². The van der Waals surface area contributed by atoms with Gasteiger partial charge in [-0.25, -0.2) is 0 Å². The number of hydrogen-bond donors (Lipinski definition) is 1. The van der Waals surface area contributed by atoms with Gasteiger partial charge < -0.3 is 10.1 Å². The van der Waals surface area contributed by atoms with Crippen molar-refractivity contribution in [2.75, 3.05) is 11.9 Å². The monoisotopic (exact) mass is 401 g/mol. The smallest absolute Gasteiger partial charge is 0.306 e. The van der Waals surface area contributed by atoms with Crippen LogP contribution in [0.1, 0.15) is 32.1 Å². The average Bonchev–Trinajstić information content (AvgIpc) is 3.37. The van der Waals surface area contributed by atoms with Gasteiger partial charge in [-0.15, -0.1) is 0 Å². The average molecular weight is 402 g/mol. The molecule has 7 heteroatoms. The van der Waals surface area contributed by atoms with Crippen LogP contribution in [0.25, 0.3) is 11.3 Å². The second kappa shape index (κ2) is 7.95. The molecule has 1 aromatic heterocycles. The van der Waals surface area contributed by atoms with Crippen LogP contribution in [0.5, 0.6) is 0 Å². The van der Waals surface area contributed by atoms with E-state index in [2.05, 4.69) is 10.4 Å². The number of aryl methyl sites for hydroxylation is 1. The molecule has 2 aliphatic rings. The van der Waals surface area contributed by atoms with Crippen molar-refractivity contribution < 1.29 is 14.3 Å². The van der Waals surface area contributed by atoms with Gasteiger partial charge in [-0.1, -0.05) is 30.2 Å². The summed E-state index contributed by atoms with van der Waals surface area (Å²) in [4.78, 5) is 24.3. The van der Waals surface area contributed by atoms with Crippen molar-refractivity contribution in [1.82, 2.24) is 9.78 Å². The number of benzene rings is 1. The first kappa shape index (κ1) is 19.0. The third-order valence-electron chi connectivity index (χ3n) is 5.96. The van der Waals surface area contributed by atoms with Crippen LogP contribution in [0.15, 0.2) is 30.3 Å². The molecule has 2 saturated carbocycles. The van der Waals surface area contributed by atoms with Gasteiger partial charge in [0.05, 0.1) is 5.69 Å². The molecule has 2 bridgehead atoms. The second-order valence-electron chi connectivity index (χ2n) is 7.89. The summed E-state index contributed by atoms with van der Waals surface area (Å²) in [5, 5.41) is 7.80. The van der Waals surface area contributed by atoms with Gasteiger partial charge in [-0.05, 0) is 49.1 Å². The van der Waals surface area contributed by atoms with Crippen molar-refractivity contribution in [3.63, 3.8) is 0 Å². The third kappa shape index (κ3) is 4.22. The molecule has 4 rings (SSSR count). The maximum atomic E-state index is 12.2. The highest BCUT2D eigenvalue weighted by Crippen LogP contribution is 2.49. The number of ether oxygens (including phenoxy) is 1. The van der Waals surface area contributed by atoms with Crippen LogP contribution in [0.3, 0.4) is 0 Å². The van der Waals surface area contributed by atoms with E-state index >= 15 is 0 Å². The lowest BCUT2D eigenvalue weighted by Crippen LogP contribution is -2.24. The number of aromatic nitrogens is 2. The molecule has 3 atom stereocenters. The van der Waals surface area contributed by atoms with Crippen molar-refractivity contribution in [2.24, 2.45) is 24.8 Å². The van der Waals surface area contributed by atoms with Crippen molar-refractivity contribution in [2.45, 2.75) is 32.1 Å². The largest absolute Gasteiger partial charge is 0.456 e. The number of esters is 1. The summed E-state index contributed by atoms with van der Waals surface area (Å²) in [6, 6.07) is 9.10. The van der Waals surface area contributed by atoms with E-state index in [1.54, 1.807) is 29.9 Å². The fourth-order valence-corrected chi connectivity index (χ4v) is 4.70. The highest BCUT2D eigenvalue weighted by molar-refractivity contribution is 6.30. The number of amides is 1. The SMILES string of the molecule is Cn1nc(-c2ccc(Cl)cc2)cc1NC(=O)COC(=O)C[C@@H]1C[C@H]2CC[C@@H]1C2. The molecule has 2 fully saturated rings. The zero-order chi connectivity index (χ0) is 19.7. The van der Waals surface area contributed by atoms with Crippen LogP contribution in [0.4, 0.5) is 5.82 Å². The lowest BCUT2D eigenvalue weighted by molar-refractivity contribution is -0.148. The fraction of sp³-hybridized carbons (Fsp3) is 0.476. The summed E-state index contributed by atoms with van der Waals surface area (Å²) < 4.78 is 6.78. The maximum absolute atomic E-state index is 12.2. The van der Waals surface area contributed by atoms with Gasteiger partial charge in [0.1, 0.15) is 5.82 Å². The Balaban J connectivity index is 1.28. The highest BCUT2D eigenvalue weighted by Gasteiger charge is 2.40. The number of nitrogens with zero attached hydrogens (tertiary/aromatic N) is 2. The molecule has 1 N–H and O–H groups in total. The van der Waals surface area contributed by atoms with Gasteiger partial charge in [-0.2, -0.15) is 5.10 Å². The first-order valence-electron chi connectivity index (χ1n) is 9.73. The standard InChI is InChI=1S/C21H24ClN3O3/c1-25-19(11-18(24-25)14-4-6-17(22)7-5-14)23-20(26)12-28-21(27)10-16-9-13-2-3-15(16)8-13/h4-7,11,13,15-16H,2-3,8-10,12H2,1H3,(H,23,26)/t13-,15+,16-/m0/s1. The zero-order valence-electron chi connectivity index (χ0n) is 15.9. The molecule has 0 unspecified atom stereocenters. The summed E-state index contributed by atoms with van der Waals surface area (Å²) in [7, 11) is 1.75. The Labute approximate surface area is 169 Å². The molecule has 0 saturated heterocycles. The van der Waals surface area contributed by atoms with Crippen LogP contribution in [-0.4, -0.2) is 28.3 Å². The molecular weight excluding hydrogens is 378 g/mol. The molecule has 0 aliphatic heterocycles. The van der Waals surface area contributed by atoms with E-state index in [9.17, 15) is 9.59 Å². The number of nitrogens with one attached hydrogen (secondary N) is 1. The van der Waals surface area contributed by atoms with Crippen LogP contribution < -0.4 is 5.32 Å². The molecule has 0 radical (unpaired) electrons. The Bertz CT molecular complexity index is 878. The molecule has 2 aromatic rings. The number of fused-ring (bicyclic) bond motifs is 2. The fourth-order valence-electron chi connectivity index (χ4n) is 4.57. The van der Waals surface area contributed by atoms with E-state index < -0.39 is 0 Å². The lowest BCUT2D eigenvalue weighted by atomic mass is 9.86. The maximum Gasteiger partial charge on any atom is 0.306 e. The van der Waals surface area contributed by atoms with Gasteiger partial charge in [0.15, 0.2) is 6.61 Å². The van der Waals surface area contributed by atoms with Gasteiger partial charge in [0.25, 0.3) is 5.91 Å². The van der Waals surface area contributed by atoms with Gasteiger partial charge in [0, 0.05) is 30.1 Å². The second-order valence-corrected chi connectivity index (χ2v) is 8.33. The van der Waals surface area contributed by atoms with Crippen LogP contribution >= 0.6 is 11.6 Å². The molecule has 0 spiro atoms. The van der Waals surface area contributed by atoms with Gasteiger partial charge in [0.2, 0.25) is 0 Å². The van der Waals surface area contributed by atoms with Crippen LogP contribution in [0, 0.1) is 17.8 Å². The highest BCUT2D eigenvalue weighted by atomic mass is 35.5. The van der Waals surface area contributed by atoms with Crippen molar-refractivity contribution in [1.29, 1.82) is 0 Å². The summed E-state index contributed by atoms with van der Waals surface area (Å²) >= 11 is 5.91. The number of carbonyl (C=O) groups excluding carboxylic acids is 2. The normalized spacial score (nSPS) is 23.0. The molecule has 148 valence electrons. The molecule has 1 aromatic carbocycles. The van der Waals surface area contributed by atoms with E-state index in [1.807, 2.05) is 12.1 Å². The molecule has 6 nitrogen and oxygen atoms in total. The first-order chi connectivity index (χ1) is 13.5. The molecule has 2 aliphatic carbocycles. The first-order valence-corrected chi connectivity index (χ1v) is 10.1. The number of anilines is 1. The summed E-state index contributed by atoms with van der Waals surface area (Å²) in [5.74, 6) is 1.80. The molecule has 1 heterocycles. The van der Waals surface area contributed by atoms with Gasteiger partial charge in [-0.3, -0.25) is 14.3 Å². The lowest BCUT2D eigenvalue weighted by Gasteiger charge is -2.20. The molecule has 28 heavy (non-hydrogen) atoms. The van der Waals surface area contributed by atoms with Crippen molar-refractivity contribution in [3.8, 4) is 11.3 Å². The number of halogens is 1. The molecular formula is C21H24ClN3O3. The minimum atomic E-state index is -0.369. The Morgan fingerprint density at radius 3 is 2.71 bits per heavy atom. The summed E-state index contributed by atoms with van der Waals surface area (Å²) in [6.45, 7) is -0.277. The van der Waals surface area contributed by atoms with Crippen molar-refractivity contribution >= 4 is 29.3 Å². The minimum absolute atomic E-state index is 0.277. The quantitative estimate of drug-likeness (QED) is 0.741. The van der Waals surface area contributed by atoms with Crippen LogP contribution in [-0.2, 0) is 21.4 Å². The number of rotatable bonds is 6. The van der Waals surface area contributed by atoms with Crippen molar-refractivity contribution in [3.05, 3.63) is 35.4 Å². The summed E-state index contributed by atoms with van der Waals surface area (Å²) in [6.07, 6.45) is 5.37. The van der Waals surface area contributed by atoms with E-state index in [1.165, 1.54) is 19.3 Å². The Hall–Kier alpha value is -2.34. The predicted molar refractivity (Wildman–Crippen MR) is 107 cm³/mol. The zero-order valence-corrected chi connectivity index (χ0v) is 16.6. The number of carbonyl (C=O) groups is 2. The van der Waals surface area contributed by atoms with E-state index in [0.717, 1.165) is 23.6 Å². The molecule has 1 amide bonds. The Kier molecular flexibility index (Phi) is 5.40. The Morgan fingerprint density at radius 2 is 2.04 bits per heavy atom. The van der Waals surface area contributed by atoms with E-state index in [-0.39, 0.29) is 18.5 Å². The third-order valence-corrected chi connectivity index (χ3v) is 6.22. The van der Waals surface area contributed by atoms with E-state index in [4.69, 9.17) is 16.3 Å².